The molecule has 0 aromatic carbocycles. The Hall–Kier alpha value is -0.480. The third kappa shape index (κ3) is 2.48. The Kier molecular flexibility index (Phi) is 2.90. The van der Waals surface area contributed by atoms with Crippen LogP contribution >= 0.6 is 15.9 Å². The molecule has 0 aliphatic carbocycles. The molecule has 1 aromatic rings. The van der Waals surface area contributed by atoms with Gasteiger partial charge in [0.15, 0.2) is 0 Å². The first-order valence-corrected chi connectivity index (χ1v) is 5.34. The van der Waals surface area contributed by atoms with Crippen LogP contribution in [-0.2, 0) is 6.42 Å². The fourth-order valence-electron chi connectivity index (χ4n) is 1.67. The van der Waals surface area contributed by atoms with Crippen LogP contribution in [0.3, 0.4) is 0 Å². The van der Waals surface area contributed by atoms with Gasteiger partial charge in [0.05, 0.1) is 11.9 Å². The number of rotatable bonds is 2. The van der Waals surface area contributed by atoms with E-state index in [0.717, 1.165) is 23.1 Å². The lowest BCUT2D eigenvalue weighted by Gasteiger charge is -2.08. The minimum absolute atomic E-state index is 0.601. The van der Waals surface area contributed by atoms with Gasteiger partial charge >= 0.3 is 0 Å². The molecule has 2 heterocycles. The van der Waals surface area contributed by atoms with Gasteiger partial charge in [-0.1, -0.05) is 0 Å². The maximum Gasteiger partial charge on any atom is 0.0657 e. The van der Waals surface area contributed by atoms with Crippen molar-refractivity contribution < 1.29 is 0 Å². The maximum absolute atomic E-state index is 4.08. The van der Waals surface area contributed by atoms with Crippen molar-refractivity contribution in [1.82, 2.24) is 15.5 Å². The highest BCUT2D eigenvalue weighted by Gasteiger charge is 2.14. The number of nitrogens with one attached hydrogen (secondary N) is 1. The molecule has 0 spiro atoms. The summed E-state index contributed by atoms with van der Waals surface area (Å²) >= 11 is 3.39. The largest absolute Gasteiger partial charge is 0.314 e. The molecule has 1 fully saturated rings. The van der Waals surface area contributed by atoms with E-state index in [2.05, 4.69) is 31.4 Å². The van der Waals surface area contributed by atoms with Crippen LogP contribution in [0.1, 0.15) is 18.5 Å². The van der Waals surface area contributed by atoms with E-state index in [9.17, 15) is 0 Å². The smallest absolute Gasteiger partial charge is 0.0657 e. The summed E-state index contributed by atoms with van der Waals surface area (Å²) < 4.78 is 1.01. The molecular weight excluding hydrogens is 230 g/mol. The lowest BCUT2D eigenvalue weighted by atomic mass is 10.1. The topological polar surface area (TPSA) is 37.8 Å². The minimum atomic E-state index is 0.601. The Morgan fingerprint density at radius 1 is 1.62 bits per heavy atom. The van der Waals surface area contributed by atoms with E-state index < -0.39 is 0 Å². The number of hydrogen-bond acceptors (Lipinski definition) is 3. The molecule has 0 bridgehead atoms. The average Bonchev–Trinajstić information content (AvgIpc) is 2.57. The maximum atomic E-state index is 4.08. The molecule has 70 valence electrons. The van der Waals surface area contributed by atoms with Crippen molar-refractivity contribution in [3.05, 3.63) is 22.4 Å². The fourth-order valence-corrected chi connectivity index (χ4v) is 2.02. The SMILES string of the molecule is Brc1cnnc(CC2CCCN2)c1. The zero-order chi connectivity index (χ0) is 9.10. The van der Waals surface area contributed by atoms with Crippen LogP contribution in [0.5, 0.6) is 0 Å². The van der Waals surface area contributed by atoms with E-state index in [1.54, 1.807) is 6.20 Å². The molecule has 2 rings (SSSR count). The van der Waals surface area contributed by atoms with Crippen molar-refractivity contribution >= 4 is 15.9 Å². The summed E-state index contributed by atoms with van der Waals surface area (Å²) in [4.78, 5) is 0. The van der Waals surface area contributed by atoms with Gasteiger partial charge in [0.25, 0.3) is 0 Å². The van der Waals surface area contributed by atoms with Gasteiger partial charge in [-0.05, 0) is 41.4 Å². The third-order valence-corrected chi connectivity index (χ3v) is 2.72. The van der Waals surface area contributed by atoms with Gasteiger partial charge in [0.1, 0.15) is 0 Å². The molecule has 3 nitrogen and oxygen atoms in total. The van der Waals surface area contributed by atoms with E-state index in [-0.39, 0.29) is 0 Å². The predicted molar refractivity (Wildman–Crippen MR) is 54.5 cm³/mol. The molecule has 1 aliphatic heterocycles. The van der Waals surface area contributed by atoms with Crippen molar-refractivity contribution in [3.63, 3.8) is 0 Å². The molecule has 0 saturated carbocycles. The molecule has 0 radical (unpaired) electrons. The molecule has 1 atom stereocenters. The van der Waals surface area contributed by atoms with Crippen LogP contribution in [0.25, 0.3) is 0 Å². The monoisotopic (exact) mass is 241 g/mol. The molecule has 1 aliphatic rings. The summed E-state index contributed by atoms with van der Waals surface area (Å²) in [5.74, 6) is 0. The van der Waals surface area contributed by atoms with Crippen LogP contribution in [0.2, 0.25) is 0 Å². The highest BCUT2D eigenvalue weighted by atomic mass is 79.9. The van der Waals surface area contributed by atoms with E-state index in [1.165, 1.54) is 12.8 Å². The summed E-state index contributed by atoms with van der Waals surface area (Å²) in [6.45, 7) is 1.14. The van der Waals surface area contributed by atoms with Crippen LogP contribution < -0.4 is 5.32 Å². The standard InChI is InChI=1S/C9H12BrN3/c10-7-4-9(13-12-6-7)5-8-2-1-3-11-8/h4,6,8,11H,1-3,5H2. The first-order chi connectivity index (χ1) is 6.34. The van der Waals surface area contributed by atoms with Crippen LogP contribution in [0, 0.1) is 0 Å². The van der Waals surface area contributed by atoms with Crippen molar-refractivity contribution in [2.45, 2.75) is 25.3 Å². The molecular formula is C9H12BrN3. The Labute approximate surface area is 86.1 Å². The van der Waals surface area contributed by atoms with E-state index in [1.807, 2.05) is 6.07 Å². The van der Waals surface area contributed by atoms with Crippen molar-refractivity contribution in [2.24, 2.45) is 0 Å². The van der Waals surface area contributed by atoms with Crippen molar-refractivity contribution in [2.75, 3.05) is 6.54 Å². The first-order valence-electron chi connectivity index (χ1n) is 4.55. The van der Waals surface area contributed by atoms with Crippen molar-refractivity contribution in [1.29, 1.82) is 0 Å². The highest BCUT2D eigenvalue weighted by molar-refractivity contribution is 9.10. The average molecular weight is 242 g/mol. The Morgan fingerprint density at radius 3 is 3.23 bits per heavy atom. The van der Waals surface area contributed by atoms with Crippen molar-refractivity contribution in [3.8, 4) is 0 Å². The van der Waals surface area contributed by atoms with Gasteiger partial charge in [-0.25, -0.2) is 0 Å². The summed E-state index contributed by atoms with van der Waals surface area (Å²) in [5, 5.41) is 11.4. The summed E-state index contributed by atoms with van der Waals surface area (Å²) in [5.41, 5.74) is 1.06. The molecule has 1 saturated heterocycles. The lowest BCUT2D eigenvalue weighted by molar-refractivity contribution is 0.590. The lowest BCUT2D eigenvalue weighted by Crippen LogP contribution is -2.24. The van der Waals surface area contributed by atoms with Gasteiger partial charge in [-0.2, -0.15) is 10.2 Å². The first kappa shape index (κ1) is 9.09. The second-order valence-electron chi connectivity index (χ2n) is 3.36. The predicted octanol–water partition coefficient (Wildman–Crippen LogP) is 1.53. The van der Waals surface area contributed by atoms with Gasteiger partial charge in [-0.15, -0.1) is 0 Å². The number of hydrogen-bond donors (Lipinski definition) is 1. The number of aromatic nitrogens is 2. The Morgan fingerprint density at radius 2 is 2.54 bits per heavy atom. The molecule has 1 aromatic heterocycles. The van der Waals surface area contributed by atoms with E-state index in [4.69, 9.17) is 0 Å². The number of halogens is 1. The number of nitrogens with zero attached hydrogens (tertiary/aromatic N) is 2. The Balaban J connectivity index is 2.00. The van der Waals surface area contributed by atoms with Crippen LogP contribution in [0.4, 0.5) is 0 Å². The van der Waals surface area contributed by atoms with Gasteiger partial charge in [-0.3, -0.25) is 0 Å². The fraction of sp³-hybridized carbons (Fsp3) is 0.556. The molecule has 13 heavy (non-hydrogen) atoms. The molecule has 0 amide bonds. The second-order valence-corrected chi connectivity index (χ2v) is 4.28. The summed E-state index contributed by atoms with van der Waals surface area (Å²) in [6.07, 6.45) is 5.25. The zero-order valence-corrected chi connectivity index (χ0v) is 8.92. The third-order valence-electron chi connectivity index (χ3n) is 2.29. The summed E-state index contributed by atoms with van der Waals surface area (Å²) in [7, 11) is 0. The van der Waals surface area contributed by atoms with E-state index in [0.29, 0.717) is 6.04 Å². The quantitative estimate of drug-likeness (QED) is 0.854. The zero-order valence-electron chi connectivity index (χ0n) is 7.33. The van der Waals surface area contributed by atoms with Crippen LogP contribution in [0.15, 0.2) is 16.7 Å². The molecule has 1 unspecified atom stereocenters. The van der Waals surface area contributed by atoms with Crippen LogP contribution in [-0.4, -0.2) is 22.8 Å². The van der Waals surface area contributed by atoms with E-state index >= 15 is 0 Å². The summed E-state index contributed by atoms with van der Waals surface area (Å²) in [6, 6.07) is 2.64. The second kappa shape index (κ2) is 4.15. The normalized spacial score (nSPS) is 22.1. The van der Waals surface area contributed by atoms with Gasteiger partial charge in [0, 0.05) is 16.9 Å². The molecule has 4 heteroatoms. The molecule has 1 N–H and O–H groups in total. The minimum Gasteiger partial charge on any atom is -0.314 e. The van der Waals surface area contributed by atoms with Gasteiger partial charge in [0.2, 0.25) is 0 Å². The highest BCUT2D eigenvalue weighted by Crippen LogP contribution is 2.13. The Bertz CT molecular complexity index is 284. The van der Waals surface area contributed by atoms with Gasteiger partial charge < -0.3 is 5.32 Å².